The molecule has 5 aromatic rings. The molecule has 2 aromatic carbocycles. The number of rotatable bonds is 5. The maximum absolute atomic E-state index is 14.2. The van der Waals surface area contributed by atoms with E-state index in [0.29, 0.717) is 29.5 Å². The Labute approximate surface area is 229 Å². The lowest BCUT2D eigenvalue weighted by molar-refractivity contribution is 0.305. The topological polar surface area (TPSA) is 88.7 Å². The van der Waals surface area contributed by atoms with Gasteiger partial charge in [-0.1, -0.05) is 23.4 Å². The smallest absolute Gasteiger partial charge is 0.439 e. The van der Waals surface area contributed by atoms with Gasteiger partial charge >= 0.3 is 5.76 Å². The molecule has 0 bridgehead atoms. The second-order valence-corrected chi connectivity index (χ2v) is 10.7. The minimum atomic E-state index is -0.633. The van der Waals surface area contributed by atoms with Gasteiger partial charge in [-0.05, 0) is 66.3 Å². The number of aromatic amines is 1. The highest BCUT2D eigenvalue weighted by atomic mass is 19.1. The van der Waals surface area contributed by atoms with Crippen LogP contribution in [0.3, 0.4) is 0 Å². The predicted molar refractivity (Wildman–Crippen MR) is 150 cm³/mol. The van der Waals surface area contributed by atoms with E-state index in [2.05, 4.69) is 56.0 Å². The van der Waals surface area contributed by atoms with E-state index in [0.717, 1.165) is 39.2 Å². The van der Waals surface area contributed by atoms with Crippen LogP contribution < -0.4 is 15.4 Å². The number of hydrogen-bond donors (Lipinski definition) is 1. The Hall–Kier alpha value is -4.66. The van der Waals surface area contributed by atoms with Crippen LogP contribution in [0.5, 0.6) is 5.75 Å². The molecule has 0 atom stereocenters. The minimum Gasteiger partial charge on any atom is -0.488 e. The molecule has 9 heteroatoms. The summed E-state index contributed by atoms with van der Waals surface area (Å²) in [4.78, 5) is 21.6. The van der Waals surface area contributed by atoms with Gasteiger partial charge in [0.2, 0.25) is 0 Å². The zero-order valence-electron chi connectivity index (χ0n) is 22.5. The summed E-state index contributed by atoms with van der Waals surface area (Å²) in [6, 6.07) is 15.0. The number of ether oxygens (including phenoxy) is 1. The number of pyridine rings is 1. The van der Waals surface area contributed by atoms with Crippen molar-refractivity contribution in [3.63, 3.8) is 0 Å². The number of nitrogens with zero attached hydrogens (tertiary/aromatic N) is 4. The third-order valence-electron chi connectivity index (χ3n) is 7.78. The molecule has 0 radical (unpaired) electrons. The molecular weight excluding hydrogens is 509 g/mol. The van der Waals surface area contributed by atoms with Gasteiger partial charge in [0.15, 0.2) is 11.5 Å². The normalized spacial score (nSPS) is 15.8. The average Bonchev–Trinajstić information content (AvgIpc) is 3.63. The van der Waals surface area contributed by atoms with Crippen LogP contribution >= 0.6 is 0 Å². The fraction of sp³-hybridized carbons (Fsp3) is 0.258. The minimum absolute atomic E-state index is 0.277. The molecule has 40 heavy (non-hydrogen) atoms. The average molecular weight is 538 g/mol. The second kappa shape index (κ2) is 9.22. The molecule has 2 aliphatic rings. The first-order chi connectivity index (χ1) is 19.4. The summed E-state index contributed by atoms with van der Waals surface area (Å²) in [6.07, 6.45) is 5.14. The SMILES string of the molecule is C/C(=C1/c2ccc(Cc3c(C4CC4)nc4c(N(C)C)cccn34)cc2COc2cc(F)ccc21)c1noc(=O)[nH]1. The predicted octanol–water partition coefficient (Wildman–Crippen LogP) is 5.56. The lowest BCUT2D eigenvalue weighted by atomic mass is 9.89. The van der Waals surface area contributed by atoms with Gasteiger partial charge in [0.1, 0.15) is 18.2 Å². The van der Waals surface area contributed by atoms with Crippen molar-refractivity contribution in [2.24, 2.45) is 0 Å². The Balaban J connectivity index is 1.35. The van der Waals surface area contributed by atoms with Crippen molar-refractivity contribution in [1.82, 2.24) is 19.5 Å². The van der Waals surface area contributed by atoms with Gasteiger partial charge in [-0.2, -0.15) is 0 Å². The number of hydrogen-bond acceptors (Lipinski definition) is 6. The van der Waals surface area contributed by atoms with Crippen molar-refractivity contribution in [2.75, 3.05) is 19.0 Å². The maximum Gasteiger partial charge on any atom is 0.439 e. The van der Waals surface area contributed by atoms with Gasteiger partial charge in [0.05, 0.1) is 17.1 Å². The zero-order chi connectivity index (χ0) is 27.5. The van der Waals surface area contributed by atoms with E-state index in [1.807, 2.05) is 21.0 Å². The summed E-state index contributed by atoms with van der Waals surface area (Å²) < 4.78 is 27.4. The van der Waals surface area contributed by atoms with Crippen LogP contribution in [0.1, 0.15) is 65.1 Å². The first-order valence-corrected chi connectivity index (χ1v) is 13.4. The van der Waals surface area contributed by atoms with Crippen LogP contribution in [0.2, 0.25) is 0 Å². The highest BCUT2D eigenvalue weighted by molar-refractivity contribution is 5.99. The van der Waals surface area contributed by atoms with Crippen LogP contribution in [0.25, 0.3) is 16.8 Å². The summed E-state index contributed by atoms with van der Waals surface area (Å²) in [6.45, 7) is 2.14. The molecule has 1 aliphatic heterocycles. The van der Waals surface area contributed by atoms with E-state index >= 15 is 0 Å². The van der Waals surface area contributed by atoms with Crippen molar-refractivity contribution in [3.05, 3.63) is 111 Å². The number of anilines is 1. The molecule has 0 saturated heterocycles. The Morgan fingerprint density at radius 1 is 1.15 bits per heavy atom. The van der Waals surface area contributed by atoms with Crippen molar-refractivity contribution >= 4 is 22.5 Å². The highest BCUT2D eigenvalue weighted by Crippen LogP contribution is 2.44. The monoisotopic (exact) mass is 537 g/mol. The number of H-pyrrole nitrogens is 1. The van der Waals surface area contributed by atoms with Gasteiger partial charge in [-0.25, -0.2) is 14.2 Å². The summed E-state index contributed by atoms with van der Waals surface area (Å²) in [5.41, 5.74) is 9.71. The Morgan fingerprint density at radius 2 is 1.98 bits per heavy atom. The molecule has 202 valence electrons. The quantitative estimate of drug-likeness (QED) is 0.316. The van der Waals surface area contributed by atoms with E-state index in [-0.39, 0.29) is 12.4 Å². The van der Waals surface area contributed by atoms with Crippen molar-refractivity contribution in [1.29, 1.82) is 0 Å². The van der Waals surface area contributed by atoms with Crippen molar-refractivity contribution in [2.45, 2.75) is 38.7 Å². The molecule has 1 N–H and O–H groups in total. The number of fused-ring (bicyclic) bond motifs is 3. The number of allylic oxidation sites excluding steroid dienone is 1. The number of aromatic nitrogens is 4. The molecule has 1 saturated carbocycles. The number of halogens is 1. The standard InChI is InChI=1S/C31H28FN5O3/c1-17(29-34-31(38)40-35-29)27-22-10-6-18(13-20(22)16-39-26-15-21(32)9-11-23(26)27)14-25-28(19-7-8-19)33-30-24(36(2)3)5-4-12-37(25)30/h4-6,9-13,15,19H,7-8,14,16H2,1-3H3,(H,34,35,38)/b27-17+. The van der Waals surface area contributed by atoms with Crippen molar-refractivity contribution in [3.8, 4) is 5.75 Å². The van der Waals surface area contributed by atoms with Crippen LogP contribution in [0, 0.1) is 5.82 Å². The van der Waals surface area contributed by atoms with Gasteiger partial charge < -0.3 is 14.0 Å². The van der Waals surface area contributed by atoms with E-state index in [9.17, 15) is 9.18 Å². The van der Waals surface area contributed by atoms with Gasteiger partial charge in [0, 0.05) is 49.8 Å². The zero-order valence-corrected chi connectivity index (χ0v) is 22.5. The molecule has 0 unspecified atom stereocenters. The summed E-state index contributed by atoms with van der Waals surface area (Å²) in [7, 11) is 4.08. The molecule has 7 rings (SSSR count). The second-order valence-electron chi connectivity index (χ2n) is 10.7. The van der Waals surface area contributed by atoms with Gasteiger partial charge in [0.25, 0.3) is 0 Å². The third kappa shape index (κ3) is 4.09. The first-order valence-electron chi connectivity index (χ1n) is 13.4. The fourth-order valence-corrected chi connectivity index (χ4v) is 5.68. The lowest BCUT2D eigenvalue weighted by Gasteiger charge is -2.15. The Kier molecular flexibility index (Phi) is 5.62. The summed E-state index contributed by atoms with van der Waals surface area (Å²) in [5.74, 6) is 0.247. The largest absolute Gasteiger partial charge is 0.488 e. The first kappa shape index (κ1) is 24.4. The van der Waals surface area contributed by atoms with E-state index in [4.69, 9.17) is 14.2 Å². The Bertz CT molecular complexity index is 1880. The molecule has 1 fully saturated rings. The summed E-state index contributed by atoms with van der Waals surface area (Å²) in [5, 5.41) is 3.90. The van der Waals surface area contributed by atoms with Crippen molar-refractivity contribution < 1.29 is 13.7 Å². The van der Waals surface area contributed by atoms with Crippen LogP contribution in [0.15, 0.2) is 64.0 Å². The maximum atomic E-state index is 14.2. The lowest BCUT2D eigenvalue weighted by Crippen LogP contribution is -2.10. The van der Waals surface area contributed by atoms with E-state index in [1.165, 1.54) is 36.4 Å². The number of benzene rings is 2. The molecule has 8 nitrogen and oxygen atoms in total. The van der Waals surface area contributed by atoms with Crippen LogP contribution in [-0.2, 0) is 13.0 Å². The molecular formula is C31H28FN5O3. The Morgan fingerprint density at radius 3 is 2.73 bits per heavy atom. The molecule has 3 aromatic heterocycles. The molecule has 0 amide bonds. The third-order valence-corrected chi connectivity index (χ3v) is 7.78. The van der Waals surface area contributed by atoms with Gasteiger partial charge in [-0.3, -0.25) is 9.51 Å². The molecule has 0 spiro atoms. The van der Waals surface area contributed by atoms with Crippen LogP contribution in [-0.4, -0.2) is 33.6 Å². The van der Waals surface area contributed by atoms with Gasteiger partial charge in [-0.15, -0.1) is 0 Å². The highest BCUT2D eigenvalue weighted by Gasteiger charge is 2.31. The van der Waals surface area contributed by atoms with Crippen LogP contribution in [0.4, 0.5) is 10.1 Å². The number of imidazole rings is 1. The fourth-order valence-electron chi connectivity index (χ4n) is 5.68. The molecule has 4 heterocycles. The van der Waals surface area contributed by atoms with E-state index in [1.54, 1.807) is 6.07 Å². The summed E-state index contributed by atoms with van der Waals surface area (Å²) >= 11 is 0. The van der Waals surface area contributed by atoms with E-state index < -0.39 is 5.76 Å². The number of nitrogens with one attached hydrogen (secondary N) is 1. The molecule has 1 aliphatic carbocycles.